The number of alkyl halides is 12. The van der Waals surface area contributed by atoms with Gasteiger partial charge >= 0.3 is 101 Å². The van der Waals surface area contributed by atoms with Crippen molar-refractivity contribution in [2.75, 3.05) is 48.8 Å². The first-order valence-corrected chi connectivity index (χ1v) is 55.7. The summed E-state index contributed by atoms with van der Waals surface area (Å²) in [6.45, 7) is 35.2. The summed E-state index contributed by atoms with van der Waals surface area (Å²) in [7, 11) is -10.5. The SMILES string of the molecule is C.C.C.CC(C)C(=O)OCCC[Si](C)(C)O[Si](C)(O[Si](C)(C)c1ccccc1)c1ccccc1.CCC(C)(C)C(=O)OCCC[Si](C)(C)O[Si](C)(O[Si](C)(C)c1ccccc1)c1ccccc1.COC(F)=C(F)F.COC(F)=C(F)F.COC(F)=C(F)F.COC1(F)C(C)(F)C(F)(F)C1(F)F.COC1(F)C(C)(F)C(F)(F)C1(F)F.C[SiH2]c1ccccc1.[Ar].[Ar].[Ar].[Ar].[Ar]. The number of ether oxygens (including phenoxy) is 7. The standard InChI is InChI=1S/C26H42O4Si3.C24H38O4Si3.C7H10Si.2C6H6F6O.3C3H3F3O.3CH4.5Ar/c1-9-26(2,3)25(27)28-21-16-22-31(4,5)29-33(8,24-19-14-11-15-20-24)30-32(6,7)23-17-12-10-13-18-23;1-21(2)24(25)26-19-14-20-29(3,4)27-31(7,23-17-12-9-13-18-23)28-30(5,6)22-15-10-8-11-16-22;1-8-7-5-3-2-4-6-7;2*1-3(7)4(8,9)5(10,11)6(3,12)13-2;3*1-7-3(6)2(4)5;;;;;;;;/h10-15,17-20H,9,16,21-22H2,1-8H3;8-13,15-18,21H,14,19-20H2,1-7H3;2-6H,8H2,1H3;2*1-2H3;3*1H3;3*1H4;;;;;. The van der Waals surface area contributed by atoms with E-state index < -0.39 is 139 Å². The van der Waals surface area contributed by atoms with Crippen molar-refractivity contribution in [2.24, 2.45) is 11.3 Å². The summed E-state index contributed by atoms with van der Waals surface area (Å²) in [5, 5.41) is 6.42. The van der Waals surface area contributed by atoms with Gasteiger partial charge in [-0.2, -0.15) is 74.6 Å². The van der Waals surface area contributed by atoms with Crippen molar-refractivity contribution in [1.29, 1.82) is 0 Å². The number of rotatable bonds is 29. The zero-order chi connectivity index (χ0) is 92.7. The molecule has 0 spiro atoms. The third-order valence-corrected chi connectivity index (χ3v) is 43.7. The average Bonchev–Trinajstić information content (AvgIpc) is 0.668. The van der Waals surface area contributed by atoms with E-state index in [-0.39, 0.29) is 252 Å². The summed E-state index contributed by atoms with van der Waals surface area (Å²) in [6, 6.07) is 49.0. The van der Waals surface area contributed by atoms with E-state index >= 15 is 0 Å². The van der Waals surface area contributed by atoms with E-state index in [0.717, 1.165) is 52.7 Å². The van der Waals surface area contributed by atoms with Gasteiger partial charge in [-0.1, -0.05) is 206 Å². The van der Waals surface area contributed by atoms with Gasteiger partial charge in [0, 0.05) is 203 Å². The number of benzene rings is 5. The van der Waals surface area contributed by atoms with E-state index in [4.69, 9.17) is 25.9 Å². The van der Waals surface area contributed by atoms with E-state index in [9.17, 15) is 102 Å². The Morgan fingerprint density at radius 2 is 0.638 bits per heavy atom. The quantitative estimate of drug-likeness (QED) is 0.0148. The second kappa shape index (κ2) is 63.4. The van der Waals surface area contributed by atoms with Crippen molar-refractivity contribution in [3.8, 4) is 0 Å². The van der Waals surface area contributed by atoms with Crippen LogP contribution >= 0.6 is 0 Å². The van der Waals surface area contributed by atoms with E-state index in [2.05, 4.69) is 223 Å². The molecule has 0 amide bonds. The fraction of sp³-hybridized carbons (Fsp3) is 0.531. The molecule has 0 radical (unpaired) electrons. The van der Waals surface area contributed by atoms with Crippen molar-refractivity contribution in [3.63, 3.8) is 0 Å². The van der Waals surface area contributed by atoms with E-state index in [1.54, 1.807) is 5.19 Å². The second-order valence-corrected chi connectivity index (χ2v) is 55.1. The number of methoxy groups -OCH3 is 5. The summed E-state index contributed by atoms with van der Waals surface area (Å²) >= 11 is 0. The fourth-order valence-corrected chi connectivity index (χ4v) is 38.2. The summed E-state index contributed by atoms with van der Waals surface area (Å²) in [5.41, 5.74) is -8.46. The Morgan fingerprint density at radius 3 is 0.827 bits per heavy atom. The van der Waals surface area contributed by atoms with Crippen molar-refractivity contribution in [2.45, 2.75) is 221 Å². The van der Waals surface area contributed by atoms with Gasteiger partial charge in [0.25, 0.3) is 0 Å². The molecule has 5 aromatic carbocycles. The topological polar surface area (TPSA) is 136 Å². The van der Waals surface area contributed by atoms with Gasteiger partial charge in [-0.3, -0.25) is 9.59 Å². The predicted octanol–water partition coefficient (Wildman–Crippen LogP) is 22.7. The smallest absolute Gasteiger partial charge is 0.374 e. The number of hydrogen-bond donors (Lipinski definition) is 0. The van der Waals surface area contributed by atoms with Gasteiger partial charge in [-0.25, -0.2) is 17.6 Å². The van der Waals surface area contributed by atoms with Crippen LogP contribution in [0.25, 0.3) is 0 Å². The molecular formula is C81H123Ar5F21O13Si7. The molecule has 46 heteroatoms. The molecule has 0 saturated heterocycles. The predicted molar refractivity (Wildman–Crippen MR) is 455 cm³/mol. The summed E-state index contributed by atoms with van der Waals surface area (Å²) in [5.74, 6) is -29.2. The minimum atomic E-state index is -5.14. The zero-order valence-electron chi connectivity index (χ0n) is 72.7. The zero-order valence-corrected chi connectivity index (χ0v) is 83.6. The molecule has 0 aliphatic heterocycles. The van der Waals surface area contributed by atoms with Crippen LogP contribution in [0.5, 0.6) is 0 Å². The van der Waals surface area contributed by atoms with Crippen LogP contribution in [-0.4, -0.2) is 167 Å². The van der Waals surface area contributed by atoms with E-state index in [1.165, 1.54) is 20.7 Å². The molecule has 2 aliphatic rings. The van der Waals surface area contributed by atoms with Crippen LogP contribution < -0.4 is 25.9 Å². The Bertz CT molecular complexity index is 3820. The minimum Gasteiger partial charge on any atom is -0.470 e. The van der Waals surface area contributed by atoms with Crippen molar-refractivity contribution >= 4 is 97.8 Å². The van der Waals surface area contributed by atoms with Gasteiger partial charge < -0.3 is 49.6 Å². The largest absolute Gasteiger partial charge is 0.470 e. The number of halogens is 21. The molecule has 2 fully saturated rings. The molecule has 6 atom stereocenters. The van der Waals surface area contributed by atoms with Crippen molar-refractivity contribution < 1.29 is 340 Å². The molecule has 0 bridgehead atoms. The molecular weight excluding hydrogens is 1980 g/mol. The molecule has 0 aromatic heterocycles. The third kappa shape index (κ3) is 41.8. The van der Waals surface area contributed by atoms with Gasteiger partial charge in [0.05, 0.1) is 55.4 Å². The fourth-order valence-electron chi connectivity index (χ4n) is 11.0. The van der Waals surface area contributed by atoms with Gasteiger partial charge in [0.15, 0.2) is 16.6 Å². The van der Waals surface area contributed by atoms with Crippen LogP contribution in [0.15, 0.2) is 188 Å². The molecule has 2 saturated carbocycles. The van der Waals surface area contributed by atoms with Crippen LogP contribution in [0.2, 0.25) is 84.1 Å². The number of carbonyl (C=O) groups excluding carboxylic acids is 2. The van der Waals surface area contributed by atoms with Crippen LogP contribution in [0.4, 0.5) is 92.2 Å². The minimum absolute atomic E-state index is 0. The molecule has 2 aliphatic carbocycles. The van der Waals surface area contributed by atoms with Crippen molar-refractivity contribution in [3.05, 3.63) is 188 Å². The molecule has 127 heavy (non-hydrogen) atoms. The molecule has 6 unspecified atom stereocenters. The van der Waals surface area contributed by atoms with E-state index in [1.807, 2.05) is 58.9 Å². The Kier molecular flexibility index (Phi) is 72.1. The van der Waals surface area contributed by atoms with Gasteiger partial charge in [-0.05, 0) is 145 Å². The van der Waals surface area contributed by atoms with Gasteiger partial charge in [-0.15, -0.1) is 0 Å². The van der Waals surface area contributed by atoms with Crippen molar-refractivity contribution in [1.82, 2.24) is 0 Å². The van der Waals surface area contributed by atoms with Crippen LogP contribution in [0.1, 0.15) is 90.0 Å². The van der Waals surface area contributed by atoms with Gasteiger partial charge in [0.2, 0.25) is 28.0 Å². The van der Waals surface area contributed by atoms with Crippen LogP contribution in [-0.2, 0) is 59.2 Å². The maximum Gasteiger partial charge on any atom is 0.374 e. The first-order chi connectivity index (χ1) is 54.4. The van der Waals surface area contributed by atoms with E-state index in [0.29, 0.717) is 27.4 Å². The molecule has 7 rings (SSSR count). The third-order valence-electron chi connectivity index (χ3n) is 18.4. The molecule has 740 valence electrons. The maximum atomic E-state index is 12.9. The first kappa shape index (κ1) is 145. The number of carbonyl (C=O) groups is 2. The number of esters is 2. The Balaban J connectivity index is -0.000000192. The summed E-state index contributed by atoms with van der Waals surface area (Å²) < 4.78 is 305. The Labute approximate surface area is 895 Å². The molecule has 13 nitrogen and oxygen atoms in total. The van der Waals surface area contributed by atoms with Gasteiger partial charge in [0.1, 0.15) is 0 Å². The maximum absolute atomic E-state index is 12.9. The molecule has 0 heterocycles. The normalized spacial score (nSPS) is 18.9. The van der Waals surface area contributed by atoms with Crippen LogP contribution in [0, 0.1) is 200 Å². The molecule has 5 aromatic rings. The number of hydrogen-bond acceptors (Lipinski definition) is 13. The summed E-state index contributed by atoms with van der Waals surface area (Å²) in [6.07, 6.45) is -4.89. The molecule has 0 N–H and O–H groups in total. The summed E-state index contributed by atoms with van der Waals surface area (Å²) in [4.78, 5) is 24.0. The first-order valence-electron chi connectivity index (χ1n) is 36.9. The Hall–Kier alpha value is -0.233. The Morgan fingerprint density at radius 1 is 0.394 bits per heavy atom. The monoisotopic (exact) mass is 2100 g/mol. The average molecular weight is 2100 g/mol. The second-order valence-electron chi connectivity index (χ2n) is 30.2. The van der Waals surface area contributed by atoms with Crippen LogP contribution in [0.3, 0.4) is 0 Å².